The normalized spacial score (nSPS) is 11.8. The van der Waals surface area contributed by atoms with E-state index in [1.54, 1.807) is 12.1 Å². The average Bonchev–Trinajstić information content (AvgIpc) is 2.77. The van der Waals surface area contributed by atoms with Crippen molar-refractivity contribution in [2.75, 3.05) is 0 Å². The van der Waals surface area contributed by atoms with Crippen LogP contribution in [0.15, 0.2) is 101 Å². The number of rotatable bonds is 6. The largest absolute Gasteiger partial charge is 0.229 e. The monoisotopic (exact) mass is 407 g/mol. The fraction of sp³-hybridized carbons (Fsp3) is 0.111. The van der Waals surface area contributed by atoms with Gasteiger partial charge in [0.05, 0.1) is 11.4 Å². The lowest BCUT2D eigenvalue weighted by Crippen LogP contribution is -2.05. The van der Waals surface area contributed by atoms with Crippen LogP contribution in [-0.4, -0.2) is 11.5 Å². The van der Waals surface area contributed by atoms with Crippen LogP contribution in [0.3, 0.4) is 0 Å². The number of aryl methyl sites for hydroxylation is 3. The molecule has 0 atom stereocenters. The van der Waals surface area contributed by atoms with Crippen LogP contribution >= 0.6 is 0 Å². The SMILES string of the molecule is C=CC(=NC(=NC(=C)c1ccc(C)cc1)c1ccc(C)cc1)c1ccc(C)cc1N=O. The molecule has 0 amide bonds. The number of nitroso groups, excluding NO2 is 1. The van der Waals surface area contributed by atoms with E-state index < -0.39 is 0 Å². The zero-order chi connectivity index (χ0) is 22.4. The molecular weight excluding hydrogens is 382 g/mol. The summed E-state index contributed by atoms with van der Waals surface area (Å²) in [6.45, 7) is 14.0. The molecule has 3 aromatic rings. The Hall–Kier alpha value is -3.92. The van der Waals surface area contributed by atoms with Crippen LogP contribution in [-0.2, 0) is 0 Å². The first-order valence-corrected chi connectivity index (χ1v) is 9.98. The van der Waals surface area contributed by atoms with Gasteiger partial charge in [0.25, 0.3) is 0 Å². The highest BCUT2D eigenvalue weighted by Gasteiger charge is 2.11. The Kier molecular flexibility index (Phi) is 6.83. The molecular formula is C27H25N3O. The summed E-state index contributed by atoms with van der Waals surface area (Å²) < 4.78 is 0. The summed E-state index contributed by atoms with van der Waals surface area (Å²) in [5.74, 6) is 0.484. The van der Waals surface area contributed by atoms with E-state index in [1.165, 1.54) is 5.56 Å². The highest BCUT2D eigenvalue weighted by Crippen LogP contribution is 2.23. The molecule has 3 rings (SSSR count). The summed E-state index contributed by atoms with van der Waals surface area (Å²) in [7, 11) is 0. The third-order valence-corrected chi connectivity index (χ3v) is 4.88. The van der Waals surface area contributed by atoms with Gasteiger partial charge in [-0.25, -0.2) is 9.98 Å². The highest BCUT2D eigenvalue weighted by atomic mass is 16.3. The number of hydrogen-bond acceptors (Lipinski definition) is 3. The predicted molar refractivity (Wildman–Crippen MR) is 131 cm³/mol. The fourth-order valence-corrected chi connectivity index (χ4v) is 3.06. The van der Waals surface area contributed by atoms with Crippen LogP contribution in [0.4, 0.5) is 5.69 Å². The minimum atomic E-state index is 0.319. The molecule has 4 nitrogen and oxygen atoms in total. The second-order valence-electron chi connectivity index (χ2n) is 7.43. The van der Waals surface area contributed by atoms with Gasteiger partial charge in [-0.3, -0.25) is 0 Å². The van der Waals surface area contributed by atoms with E-state index in [-0.39, 0.29) is 0 Å². The van der Waals surface area contributed by atoms with Gasteiger partial charge in [-0.2, -0.15) is 0 Å². The van der Waals surface area contributed by atoms with Crippen molar-refractivity contribution in [2.24, 2.45) is 15.2 Å². The number of hydrogen-bond donors (Lipinski definition) is 0. The van der Waals surface area contributed by atoms with Crippen molar-refractivity contribution in [3.05, 3.63) is 124 Å². The first-order valence-electron chi connectivity index (χ1n) is 9.98. The van der Waals surface area contributed by atoms with Crippen molar-refractivity contribution in [3.63, 3.8) is 0 Å². The molecule has 0 radical (unpaired) electrons. The molecule has 0 unspecified atom stereocenters. The molecule has 3 aromatic carbocycles. The zero-order valence-electron chi connectivity index (χ0n) is 18.1. The van der Waals surface area contributed by atoms with Crippen LogP contribution in [0.5, 0.6) is 0 Å². The van der Waals surface area contributed by atoms with Crippen LogP contribution in [0.25, 0.3) is 5.70 Å². The van der Waals surface area contributed by atoms with Crippen molar-refractivity contribution >= 4 is 22.9 Å². The maximum Gasteiger partial charge on any atom is 0.160 e. The van der Waals surface area contributed by atoms with Gasteiger partial charge < -0.3 is 0 Å². The molecule has 0 N–H and O–H groups in total. The summed E-state index contributed by atoms with van der Waals surface area (Å²) >= 11 is 0. The van der Waals surface area contributed by atoms with E-state index in [2.05, 4.69) is 18.3 Å². The molecule has 0 bridgehead atoms. The van der Waals surface area contributed by atoms with Gasteiger partial charge in [-0.05, 0) is 49.2 Å². The Bertz CT molecular complexity index is 1180. The number of nitrogens with zero attached hydrogens (tertiary/aromatic N) is 3. The number of allylic oxidation sites excluding steroid dienone is 1. The van der Waals surface area contributed by atoms with E-state index >= 15 is 0 Å². The summed E-state index contributed by atoms with van der Waals surface area (Å²) in [6.07, 6.45) is 1.61. The van der Waals surface area contributed by atoms with E-state index in [0.717, 1.165) is 22.3 Å². The molecule has 0 aromatic heterocycles. The minimum absolute atomic E-state index is 0.319. The van der Waals surface area contributed by atoms with Crippen LogP contribution in [0.1, 0.15) is 33.4 Å². The van der Waals surface area contributed by atoms with E-state index in [4.69, 9.17) is 9.98 Å². The number of benzene rings is 3. The third kappa shape index (κ3) is 5.37. The van der Waals surface area contributed by atoms with Crippen LogP contribution < -0.4 is 0 Å². The van der Waals surface area contributed by atoms with Gasteiger partial charge in [0.1, 0.15) is 5.69 Å². The van der Waals surface area contributed by atoms with Crippen LogP contribution in [0.2, 0.25) is 0 Å². The second-order valence-corrected chi connectivity index (χ2v) is 7.43. The first-order chi connectivity index (χ1) is 14.9. The first kappa shape index (κ1) is 21.8. The van der Waals surface area contributed by atoms with E-state index in [9.17, 15) is 4.91 Å². The van der Waals surface area contributed by atoms with Crippen molar-refractivity contribution in [1.29, 1.82) is 0 Å². The fourth-order valence-electron chi connectivity index (χ4n) is 3.06. The Morgan fingerprint density at radius 3 is 1.87 bits per heavy atom. The molecule has 0 aliphatic rings. The standard InChI is InChI=1S/C27H25N3O/c1-6-25(24-16-11-20(4)17-26(24)30-31)29-27(23-14-9-19(3)10-15-23)28-21(5)22-12-7-18(2)8-13-22/h6-17H,1,5H2,2-4H3. The Morgan fingerprint density at radius 1 is 0.774 bits per heavy atom. The smallest absolute Gasteiger partial charge is 0.160 e. The molecule has 0 aliphatic heterocycles. The number of amidine groups is 1. The van der Waals surface area contributed by atoms with Crippen molar-refractivity contribution in [2.45, 2.75) is 20.8 Å². The summed E-state index contributed by atoms with van der Waals surface area (Å²) in [5.41, 5.74) is 7.05. The van der Waals surface area contributed by atoms with Crippen LogP contribution in [0, 0.1) is 25.7 Å². The van der Waals surface area contributed by atoms with Gasteiger partial charge in [-0.1, -0.05) is 84.9 Å². The predicted octanol–water partition coefficient (Wildman–Crippen LogP) is 7.10. The topological polar surface area (TPSA) is 54.1 Å². The Balaban J connectivity index is 2.14. The molecule has 31 heavy (non-hydrogen) atoms. The summed E-state index contributed by atoms with van der Waals surface area (Å²) in [6, 6.07) is 21.4. The van der Waals surface area contributed by atoms with E-state index in [0.29, 0.717) is 28.5 Å². The Labute approximate surface area is 183 Å². The summed E-state index contributed by atoms with van der Waals surface area (Å²) in [4.78, 5) is 20.9. The van der Waals surface area contributed by atoms with E-state index in [1.807, 2.05) is 81.4 Å². The molecule has 0 saturated heterocycles. The van der Waals surface area contributed by atoms with Gasteiger partial charge in [-0.15, -0.1) is 4.91 Å². The second kappa shape index (κ2) is 9.72. The van der Waals surface area contributed by atoms with Crippen molar-refractivity contribution < 1.29 is 0 Å². The maximum atomic E-state index is 11.4. The minimum Gasteiger partial charge on any atom is -0.229 e. The van der Waals surface area contributed by atoms with Crippen molar-refractivity contribution in [3.8, 4) is 0 Å². The molecule has 0 fully saturated rings. The van der Waals surface area contributed by atoms with Crippen molar-refractivity contribution in [1.82, 2.24) is 0 Å². The number of aliphatic imine (C=N–C) groups is 2. The molecule has 0 heterocycles. The van der Waals surface area contributed by atoms with Gasteiger partial charge in [0.2, 0.25) is 0 Å². The lowest BCUT2D eigenvalue weighted by molar-refractivity contribution is 1.39. The lowest BCUT2D eigenvalue weighted by Gasteiger charge is -2.09. The molecule has 0 spiro atoms. The quantitative estimate of drug-likeness (QED) is 0.244. The Morgan fingerprint density at radius 2 is 1.32 bits per heavy atom. The molecule has 0 aliphatic carbocycles. The summed E-state index contributed by atoms with van der Waals surface area (Å²) in [5, 5.41) is 3.17. The van der Waals surface area contributed by atoms with Gasteiger partial charge in [0, 0.05) is 11.1 Å². The lowest BCUT2D eigenvalue weighted by atomic mass is 10.0. The average molecular weight is 408 g/mol. The zero-order valence-corrected chi connectivity index (χ0v) is 18.1. The molecule has 0 saturated carbocycles. The molecule has 4 heteroatoms. The van der Waals surface area contributed by atoms with Gasteiger partial charge >= 0.3 is 0 Å². The third-order valence-electron chi connectivity index (χ3n) is 4.88. The van der Waals surface area contributed by atoms with Gasteiger partial charge in [0.15, 0.2) is 5.84 Å². The highest BCUT2D eigenvalue weighted by molar-refractivity contribution is 6.19. The maximum absolute atomic E-state index is 11.4. The molecule has 154 valence electrons.